The summed E-state index contributed by atoms with van der Waals surface area (Å²) in [5, 5.41) is 13.3. The van der Waals surface area contributed by atoms with Crippen LogP contribution < -0.4 is 16.2 Å². The number of amides is 1. The third-order valence-electron chi connectivity index (χ3n) is 8.58. The number of carbonyl (C=O) groups excluding carboxylic acids is 2. The van der Waals surface area contributed by atoms with Gasteiger partial charge in [-0.25, -0.2) is 8.42 Å². The Morgan fingerprint density at radius 1 is 0.565 bits per heavy atom. The van der Waals surface area contributed by atoms with Crippen LogP contribution in [0.25, 0.3) is 0 Å². The van der Waals surface area contributed by atoms with Crippen LogP contribution in [0.2, 0.25) is 0 Å². The molecule has 12 nitrogen and oxygen atoms in total. The van der Waals surface area contributed by atoms with Gasteiger partial charge in [-0.15, -0.1) is 0 Å². The Labute approximate surface area is 353 Å². The monoisotopic (exact) mass is 988 g/mol. The molecule has 2 heterocycles. The Morgan fingerprint density at radius 3 is 1.21 bits per heavy atom. The number of nitrogen functional groups attached to an aromatic ring is 1. The Kier molecular flexibility index (Phi) is 20.8. The van der Waals surface area contributed by atoms with Crippen molar-refractivity contribution in [3.8, 4) is 0 Å². The topological polar surface area (TPSA) is 165 Å². The van der Waals surface area contributed by atoms with E-state index in [4.69, 9.17) is 18.7 Å². The van der Waals surface area contributed by atoms with E-state index >= 15 is 0 Å². The molecule has 2 unspecified atom stereocenters. The Bertz CT molecular complexity index is 1820. The summed E-state index contributed by atoms with van der Waals surface area (Å²) in [7, 11) is -6.09. The number of hydrogen-bond acceptors (Lipinski definition) is 11. The molecule has 0 spiro atoms. The summed E-state index contributed by atoms with van der Waals surface area (Å²) in [6, 6.07) is 1.95. The fourth-order valence-electron chi connectivity index (χ4n) is 5.69. The summed E-state index contributed by atoms with van der Waals surface area (Å²) in [5.41, 5.74) is -7.62. The van der Waals surface area contributed by atoms with Crippen LogP contribution in [-0.2, 0) is 60.9 Å². The van der Waals surface area contributed by atoms with Crippen LogP contribution in [0.3, 0.4) is 0 Å². The zero-order valence-electron chi connectivity index (χ0n) is 31.6. The molecule has 4 rings (SSSR count). The Morgan fingerprint density at radius 2 is 0.887 bits per heavy atom. The van der Waals surface area contributed by atoms with E-state index in [1.54, 1.807) is 0 Å². The van der Waals surface area contributed by atoms with Crippen molar-refractivity contribution >= 4 is 33.4 Å². The fourth-order valence-corrected chi connectivity index (χ4v) is 5.69. The molecular formula is C33H37F15N6NiO6S. The van der Waals surface area contributed by atoms with Crippen molar-refractivity contribution in [2.75, 3.05) is 89.6 Å². The maximum Gasteiger partial charge on any atom is 2.00 e. The summed E-state index contributed by atoms with van der Waals surface area (Å²) >= 11 is 0. The standard InChI is InChI=1S/C24H33F6N5O3.C8H5F6N.CHF3O3S.Ni/c25-23(26,27)18-13-19(24(28,29)30)15-20(14-18)31-21(36)16-34-5-1-3-33-8-7-32(9-11-34)4-2-6-35(12-10-33)17-22(37)38;9-7(10,11)4-1-5(8(12,13)14)3-6(15)2-4;2-1(3,4)8(5,6)7;/h13-15H,1-12,16-17H2,(H,31,36)(H,37,38);1-3H,15H2;(H,5,6,7);/q;;;+2/p-2. The first-order chi connectivity index (χ1) is 27.6. The second kappa shape index (κ2) is 22.8. The van der Waals surface area contributed by atoms with E-state index in [2.05, 4.69) is 15.1 Å². The van der Waals surface area contributed by atoms with Crippen LogP contribution in [0.5, 0.6) is 0 Å². The molecule has 0 radical (unpaired) electrons. The fraction of sp³-hybridized carbons (Fsp3) is 0.576. The number of anilines is 2. The van der Waals surface area contributed by atoms with E-state index in [-0.39, 0.29) is 41.7 Å². The molecule has 1 amide bonds. The predicted molar refractivity (Wildman–Crippen MR) is 182 cm³/mol. The van der Waals surface area contributed by atoms with Gasteiger partial charge in [0.05, 0.1) is 34.8 Å². The van der Waals surface area contributed by atoms with Crippen LogP contribution >= 0.6 is 0 Å². The van der Waals surface area contributed by atoms with Crippen molar-refractivity contribution < 1.29 is 110 Å². The maximum atomic E-state index is 13.1. The number of carboxylic acids is 1. The number of nitrogens with zero attached hydrogens (tertiary/aromatic N) is 4. The van der Waals surface area contributed by atoms with Crippen molar-refractivity contribution in [2.24, 2.45) is 0 Å². The van der Waals surface area contributed by atoms with Crippen molar-refractivity contribution in [1.82, 2.24) is 19.6 Å². The smallest absolute Gasteiger partial charge is 0.741 e. The summed E-state index contributed by atoms with van der Waals surface area (Å²) in [6.45, 7) is 6.25. The summed E-state index contributed by atoms with van der Waals surface area (Å²) in [5.74, 6) is -1.81. The van der Waals surface area contributed by atoms with Crippen LogP contribution in [0.4, 0.5) is 77.2 Å². The summed E-state index contributed by atoms with van der Waals surface area (Å²) in [4.78, 5) is 31.9. The Hall–Kier alpha value is -3.63. The molecule has 29 heteroatoms. The van der Waals surface area contributed by atoms with Gasteiger partial charge in [-0.3, -0.25) is 14.6 Å². The first-order valence-corrected chi connectivity index (χ1v) is 18.8. The third kappa shape index (κ3) is 20.3. The normalized spacial score (nSPS) is 19.1. The van der Waals surface area contributed by atoms with E-state index in [0.717, 1.165) is 26.1 Å². The van der Waals surface area contributed by atoms with Gasteiger partial charge in [0, 0.05) is 57.2 Å². The van der Waals surface area contributed by atoms with Crippen molar-refractivity contribution in [3.63, 3.8) is 0 Å². The molecule has 2 aromatic rings. The van der Waals surface area contributed by atoms with Gasteiger partial charge in [0.1, 0.15) is 0 Å². The number of carbonyl (C=O) groups is 2. The molecule has 2 aliphatic heterocycles. The molecule has 0 aromatic heterocycles. The van der Waals surface area contributed by atoms with Crippen LogP contribution in [0.15, 0.2) is 36.4 Å². The molecule has 2 saturated heterocycles. The van der Waals surface area contributed by atoms with Gasteiger partial charge in [-0.1, -0.05) is 0 Å². The van der Waals surface area contributed by atoms with Gasteiger partial charge in [-0.05, 0) is 75.4 Å². The molecule has 2 fully saturated rings. The zero-order chi connectivity index (χ0) is 46.8. The molecule has 62 heavy (non-hydrogen) atoms. The minimum absolute atomic E-state index is 0. The largest absolute Gasteiger partial charge is 2.00 e. The third-order valence-corrected chi connectivity index (χ3v) is 9.15. The van der Waals surface area contributed by atoms with Crippen molar-refractivity contribution in [1.29, 1.82) is 0 Å². The van der Waals surface area contributed by atoms with E-state index in [9.17, 15) is 80.6 Å². The quantitative estimate of drug-likeness (QED) is 0.139. The van der Waals surface area contributed by atoms with E-state index < -0.39 is 85.8 Å². The summed E-state index contributed by atoms with van der Waals surface area (Å²) < 4.78 is 210. The van der Waals surface area contributed by atoms with E-state index in [1.165, 1.54) is 0 Å². The first-order valence-electron chi connectivity index (χ1n) is 17.4. The molecule has 2 bridgehead atoms. The second-order valence-electron chi connectivity index (χ2n) is 13.4. The van der Waals surface area contributed by atoms with Gasteiger partial charge < -0.3 is 35.3 Å². The molecule has 0 aliphatic carbocycles. The van der Waals surface area contributed by atoms with Gasteiger partial charge in [0.15, 0.2) is 10.1 Å². The maximum absolute atomic E-state index is 13.1. The molecule has 0 saturated carbocycles. The van der Waals surface area contributed by atoms with Crippen LogP contribution in [0.1, 0.15) is 35.1 Å². The first kappa shape index (κ1) is 56.4. The molecule has 3 N–H and O–H groups in total. The number of nitrogens with one attached hydrogen (secondary N) is 1. The van der Waals surface area contributed by atoms with Gasteiger partial charge in [-0.2, -0.15) is 65.9 Å². The minimum atomic E-state index is -6.09. The van der Waals surface area contributed by atoms with Gasteiger partial charge >= 0.3 is 46.7 Å². The van der Waals surface area contributed by atoms with Crippen LogP contribution in [0, 0.1) is 0 Å². The average molecular weight is 989 g/mol. The minimum Gasteiger partial charge on any atom is -0.741 e. The summed E-state index contributed by atoms with van der Waals surface area (Å²) in [6.07, 6.45) is -18.2. The number of halogens is 15. The molecule has 356 valence electrons. The number of benzene rings is 2. The molecular weight excluding hydrogens is 952 g/mol. The average Bonchev–Trinajstić information content (AvgIpc) is 3.08. The van der Waals surface area contributed by atoms with E-state index in [1.807, 2.05) is 9.80 Å². The van der Waals surface area contributed by atoms with Gasteiger partial charge in [0.2, 0.25) is 5.91 Å². The SMILES string of the molecule is Nc1cc(C(F)(F)F)cc(C(F)(F)F)c1.O=C([O-])CN1CCCN2CCN(CCCN(CC(=O)Nc3cc(C(F)(F)F)cc(C(F)(F)F)c3)CC2)CC1.O=S(=O)([O-])C(F)(F)F.[Ni+2]. The van der Waals surface area contributed by atoms with Crippen molar-refractivity contribution in [3.05, 3.63) is 58.7 Å². The van der Waals surface area contributed by atoms with Crippen LogP contribution in [-0.4, -0.2) is 128 Å². The zero-order valence-corrected chi connectivity index (χ0v) is 33.4. The predicted octanol–water partition coefficient (Wildman–Crippen LogP) is 4.78. The number of fused-ring (bicyclic) bond motifs is 3. The number of rotatable bonds is 5. The number of carboxylic acid groups (broad SMARTS) is 1. The van der Waals surface area contributed by atoms with Crippen molar-refractivity contribution in [2.45, 2.75) is 43.1 Å². The second-order valence-corrected chi connectivity index (χ2v) is 14.8. The Balaban J connectivity index is 0.000000656. The number of alkyl halides is 15. The molecule has 2 aromatic carbocycles. The van der Waals surface area contributed by atoms with E-state index in [0.29, 0.717) is 76.5 Å². The number of aliphatic carboxylic acids is 1. The number of nitrogens with two attached hydrogens (primary N) is 1. The number of hydrogen-bond donors (Lipinski definition) is 2. The molecule has 2 atom stereocenters. The van der Waals surface area contributed by atoms with Gasteiger partial charge in [0.25, 0.3) is 0 Å². The molecule has 2 aliphatic rings.